The van der Waals surface area contributed by atoms with Crippen LogP contribution in [0.2, 0.25) is 0 Å². The molecule has 0 spiro atoms. The minimum absolute atomic E-state index is 0.591. The molecule has 2 saturated carbocycles. The van der Waals surface area contributed by atoms with Crippen LogP contribution in [0.25, 0.3) is 0 Å². The van der Waals surface area contributed by atoms with Crippen LogP contribution < -0.4 is 0 Å². The molecule has 3 fully saturated rings. The lowest BCUT2D eigenvalue weighted by Crippen LogP contribution is -2.27. The molecule has 1 nitrogen and oxygen atoms in total. The maximum absolute atomic E-state index is 6.18. The van der Waals surface area contributed by atoms with Crippen LogP contribution in [0.4, 0.5) is 0 Å². The van der Waals surface area contributed by atoms with Crippen molar-refractivity contribution in [1.29, 1.82) is 0 Å². The van der Waals surface area contributed by atoms with Crippen LogP contribution in [0.3, 0.4) is 0 Å². The molecule has 4 unspecified atom stereocenters. The summed E-state index contributed by atoms with van der Waals surface area (Å²) in [6, 6.07) is 0. The van der Waals surface area contributed by atoms with Crippen molar-refractivity contribution < 1.29 is 4.74 Å². The molecule has 78 valence electrons. The third-order valence-electron chi connectivity index (χ3n) is 4.44. The number of rotatable bonds is 0. The van der Waals surface area contributed by atoms with Gasteiger partial charge in [-0.05, 0) is 43.9 Å². The predicted octanol–water partition coefficient (Wildman–Crippen LogP) is 3.30. The Hall–Kier alpha value is -0.300. The lowest BCUT2D eigenvalue weighted by Gasteiger charge is -2.30. The first-order chi connectivity index (χ1) is 6.84. The van der Waals surface area contributed by atoms with Gasteiger partial charge in [-0.2, -0.15) is 0 Å². The summed E-state index contributed by atoms with van der Waals surface area (Å²) in [4.78, 5) is 0. The van der Waals surface area contributed by atoms with E-state index in [2.05, 4.69) is 6.58 Å². The second-order valence-corrected chi connectivity index (χ2v) is 5.32. The number of hydrogen-bond donors (Lipinski definition) is 0. The minimum atomic E-state index is 0.591. The summed E-state index contributed by atoms with van der Waals surface area (Å²) < 4.78 is 6.18. The second-order valence-electron chi connectivity index (χ2n) is 5.32. The highest BCUT2D eigenvalue weighted by molar-refractivity contribution is 5.07. The van der Waals surface area contributed by atoms with Gasteiger partial charge in [0.25, 0.3) is 0 Å². The van der Waals surface area contributed by atoms with Crippen LogP contribution in [0.15, 0.2) is 12.2 Å². The highest BCUT2D eigenvalue weighted by atomic mass is 16.5. The van der Waals surface area contributed by atoms with Crippen molar-refractivity contribution in [3.05, 3.63) is 12.2 Å². The van der Waals surface area contributed by atoms with Gasteiger partial charge in [0.15, 0.2) is 0 Å². The average molecular weight is 192 g/mol. The molecule has 4 atom stereocenters. The van der Waals surface area contributed by atoms with E-state index in [0.717, 1.165) is 11.8 Å². The average Bonchev–Trinajstić information content (AvgIpc) is 2.56. The zero-order chi connectivity index (χ0) is 9.54. The van der Waals surface area contributed by atoms with Crippen LogP contribution in [0, 0.1) is 11.8 Å². The molecule has 0 amide bonds. The maximum Gasteiger partial charge on any atom is 0.0616 e. The van der Waals surface area contributed by atoms with Gasteiger partial charge in [-0.3, -0.25) is 0 Å². The quantitative estimate of drug-likeness (QED) is 0.535. The van der Waals surface area contributed by atoms with Gasteiger partial charge in [0.2, 0.25) is 0 Å². The molecule has 2 aliphatic carbocycles. The van der Waals surface area contributed by atoms with Crippen molar-refractivity contribution in [3.8, 4) is 0 Å². The Balaban J connectivity index is 1.78. The van der Waals surface area contributed by atoms with Crippen LogP contribution in [0.5, 0.6) is 0 Å². The minimum Gasteiger partial charge on any atom is -0.374 e. The van der Waals surface area contributed by atoms with Crippen molar-refractivity contribution in [2.45, 2.75) is 57.2 Å². The highest BCUT2D eigenvalue weighted by Crippen LogP contribution is 2.48. The Bertz CT molecular complexity index is 246. The van der Waals surface area contributed by atoms with Crippen molar-refractivity contribution in [2.75, 3.05) is 0 Å². The summed E-state index contributed by atoms with van der Waals surface area (Å²) in [6.45, 7) is 4.16. The molecule has 1 heteroatoms. The number of hydrogen-bond acceptors (Lipinski definition) is 1. The third kappa shape index (κ3) is 1.33. The topological polar surface area (TPSA) is 9.23 Å². The largest absolute Gasteiger partial charge is 0.374 e. The monoisotopic (exact) mass is 192 g/mol. The summed E-state index contributed by atoms with van der Waals surface area (Å²) in [5.74, 6) is 1.72. The smallest absolute Gasteiger partial charge is 0.0616 e. The Morgan fingerprint density at radius 3 is 2.71 bits per heavy atom. The van der Waals surface area contributed by atoms with E-state index in [4.69, 9.17) is 4.74 Å². The summed E-state index contributed by atoms with van der Waals surface area (Å²) in [6.07, 6.45) is 10.5. The van der Waals surface area contributed by atoms with Gasteiger partial charge < -0.3 is 4.74 Å². The summed E-state index contributed by atoms with van der Waals surface area (Å²) in [7, 11) is 0. The Morgan fingerprint density at radius 1 is 1.00 bits per heavy atom. The Kier molecular flexibility index (Phi) is 2.16. The maximum atomic E-state index is 6.18. The highest BCUT2D eigenvalue weighted by Gasteiger charge is 2.46. The van der Waals surface area contributed by atoms with Crippen LogP contribution in [-0.2, 0) is 4.74 Å². The van der Waals surface area contributed by atoms with Crippen LogP contribution in [-0.4, -0.2) is 12.2 Å². The molecular weight excluding hydrogens is 172 g/mol. The van der Waals surface area contributed by atoms with Gasteiger partial charge >= 0.3 is 0 Å². The number of allylic oxidation sites excluding steroid dienone is 1. The van der Waals surface area contributed by atoms with E-state index in [1.807, 2.05) is 0 Å². The number of ether oxygens (including phenoxy) is 1. The molecule has 1 heterocycles. The molecule has 0 aromatic rings. The van der Waals surface area contributed by atoms with Crippen LogP contribution in [0.1, 0.15) is 44.9 Å². The fraction of sp³-hybridized carbons (Fsp3) is 0.846. The molecule has 0 radical (unpaired) electrons. The van der Waals surface area contributed by atoms with Gasteiger partial charge in [0.05, 0.1) is 12.2 Å². The summed E-state index contributed by atoms with van der Waals surface area (Å²) >= 11 is 0. The Labute approximate surface area is 86.5 Å². The molecule has 1 aliphatic heterocycles. The molecule has 3 rings (SSSR count). The van der Waals surface area contributed by atoms with Crippen LogP contribution >= 0.6 is 0 Å². The predicted molar refractivity (Wildman–Crippen MR) is 57.1 cm³/mol. The van der Waals surface area contributed by atoms with Crippen molar-refractivity contribution in [1.82, 2.24) is 0 Å². The summed E-state index contributed by atoms with van der Waals surface area (Å²) in [5, 5.41) is 0. The van der Waals surface area contributed by atoms with Crippen molar-refractivity contribution in [2.24, 2.45) is 11.8 Å². The zero-order valence-corrected chi connectivity index (χ0v) is 8.87. The van der Waals surface area contributed by atoms with E-state index in [1.54, 1.807) is 0 Å². The molecule has 14 heavy (non-hydrogen) atoms. The van der Waals surface area contributed by atoms with E-state index in [1.165, 1.54) is 50.5 Å². The fourth-order valence-electron chi connectivity index (χ4n) is 3.73. The summed E-state index contributed by atoms with van der Waals surface area (Å²) in [5.41, 5.74) is 1.47. The lowest BCUT2D eigenvalue weighted by atomic mass is 9.72. The van der Waals surface area contributed by atoms with E-state index in [9.17, 15) is 0 Å². The SMILES string of the molecule is C=C1CCC2OC3CCCCC3C2C1. The Morgan fingerprint density at radius 2 is 1.79 bits per heavy atom. The standard InChI is InChI=1S/C13H20O/c1-9-6-7-13-11(8-9)10-4-2-3-5-12(10)14-13/h10-13H,1-8H2. The normalized spacial score (nSPS) is 47.3. The molecular formula is C13H20O. The third-order valence-corrected chi connectivity index (χ3v) is 4.44. The van der Waals surface area contributed by atoms with Gasteiger partial charge in [0, 0.05) is 0 Å². The van der Waals surface area contributed by atoms with E-state index in [0.29, 0.717) is 12.2 Å². The molecule has 3 aliphatic rings. The van der Waals surface area contributed by atoms with Gasteiger partial charge in [-0.15, -0.1) is 0 Å². The first-order valence-corrected chi connectivity index (χ1v) is 6.17. The molecule has 0 aromatic heterocycles. The molecule has 0 bridgehead atoms. The van der Waals surface area contributed by atoms with Crippen molar-refractivity contribution >= 4 is 0 Å². The molecule has 0 aromatic carbocycles. The van der Waals surface area contributed by atoms with Gasteiger partial charge in [-0.25, -0.2) is 0 Å². The van der Waals surface area contributed by atoms with Gasteiger partial charge in [0.1, 0.15) is 0 Å². The number of fused-ring (bicyclic) bond motifs is 3. The first-order valence-electron chi connectivity index (χ1n) is 6.17. The van der Waals surface area contributed by atoms with Crippen molar-refractivity contribution in [3.63, 3.8) is 0 Å². The van der Waals surface area contributed by atoms with E-state index >= 15 is 0 Å². The van der Waals surface area contributed by atoms with Gasteiger partial charge in [-0.1, -0.05) is 25.0 Å². The van der Waals surface area contributed by atoms with E-state index < -0.39 is 0 Å². The molecule has 1 saturated heterocycles. The zero-order valence-electron chi connectivity index (χ0n) is 8.87. The molecule has 0 N–H and O–H groups in total. The second kappa shape index (κ2) is 3.37. The van der Waals surface area contributed by atoms with E-state index in [-0.39, 0.29) is 0 Å². The first kappa shape index (κ1) is 8.96. The lowest BCUT2D eigenvalue weighted by molar-refractivity contribution is 0.00958. The fourth-order valence-corrected chi connectivity index (χ4v) is 3.73.